The maximum absolute atomic E-state index is 13.2. The van der Waals surface area contributed by atoms with Gasteiger partial charge in [0.2, 0.25) is 0 Å². The molecule has 2 aromatic rings. The van der Waals surface area contributed by atoms with Crippen LogP contribution in [0.4, 0.5) is 14.5 Å². The van der Waals surface area contributed by atoms with E-state index in [1.165, 1.54) is 18.3 Å². The Morgan fingerprint density at radius 2 is 2.05 bits per heavy atom. The standard InChI is InChI=1S/C14H13BrF2N2/c1-2-13(14-6-3-9(16)8-18-14)19-10-4-5-12(17)11(15)7-10/h3-8,13,19H,2H2,1H3. The molecule has 2 rings (SSSR count). The minimum Gasteiger partial charge on any atom is -0.377 e. The molecule has 1 unspecified atom stereocenters. The molecule has 0 fully saturated rings. The number of nitrogens with zero attached hydrogens (tertiary/aromatic N) is 1. The number of hydrogen-bond donors (Lipinski definition) is 1. The van der Waals surface area contributed by atoms with Crippen molar-refractivity contribution in [3.8, 4) is 0 Å². The molecule has 2 nitrogen and oxygen atoms in total. The van der Waals surface area contributed by atoms with Gasteiger partial charge in [-0.2, -0.15) is 0 Å². The van der Waals surface area contributed by atoms with Gasteiger partial charge >= 0.3 is 0 Å². The van der Waals surface area contributed by atoms with Gasteiger partial charge in [0.1, 0.15) is 11.6 Å². The van der Waals surface area contributed by atoms with Crippen LogP contribution in [-0.4, -0.2) is 4.98 Å². The van der Waals surface area contributed by atoms with E-state index in [1.807, 2.05) is 6.92 Å². The fraction of sp³-hybridized carbons (Fsp3) is 0.214. The molecule has 100 valence electrons. The highest BCUT2D eigenvalue weighted by atomic mass is 79.9. The van der Waals surface area contributed by atoms with E-state index in [1.54, 1.807) is 18.2 Å². The Hall–Kier alpha value is -1.49. The van der Waals surface area contributed by atoms with Crippen molar-refractivity contribution >= 4 is 21.6 Å². The van der Waals surface area contributed by atoms with Crippen LogP contribution in [0.5, 0.6) is 0 Å². The van der Waals surface area contributed by atoms with Crippen LogP contribution in [0.1, 0.15) is 25.1 Å². The molecule has 0 spiro atoms. The molecule has 5 heteroatoms. The number of aromatic nitrogens is 1. The summed E-state index contributed by atoms with van der Waals surface area (Å²) in [5.41, 5.74) is 1.54. The molecular weight excluding hydrogens is 314 g/mol. The number of rotatable bonds is 4. The van der Waals surface area contributed by atoms with Gasteiger partial charge in [-0.3, -0.25) is 4.98 Å². The fourth-order valence-corrected chi connectivity index (χ4v) is 2.14. The highest BCUT2D eigenvalue weighted by Gasteiger charge is 2.11. The normalized spacial score (nSPS) is 12.2. The quantitative estimate of drug-likeness (QED) is 0.881. The van der Waals surface area contributed by atoms with Crippen LogP contribution in [0.2, 0.25) is 0 Å². The predicted molar refractivity (Wildman–Crippen MR) is 74.9 cm³/mol. The third kappa shape index (κ3) is 3.50. The number of halogens is 3. The summed E-state index contributed by atoms with van der Waals surface area (Å²) in [6.07, 6.45) is 1.98. The van der Waals surface area contributed by atoms with E-state index in [0.29, 0.717) is 4.47 Å². The third-order valence-corrected chi connectivity index (χ3v) is 3.38. The zero-order chi connectivity index (χ0) is 13.8. The summed E-state index contributed by atoms with van der Waals surface area (Å²) in [5, 5.41) is 3.25. The summed E-state index contributed by atoms with van der Waals surface area (Å²) in [5.74, 6) is -0.665. The van der Waals surface area contributed by atoms with Gasteiger partial charge in [0, 0.05) is 5.69 Å². The van der Waals surface area contributed by atoms with Crippen LogP contribution >= 0.6 is 15.9 Å². The van der Waals surface area contributed by atoms with E-state index in [9.17, 15) is 8.78 Å². The third-order valence-electron chi connectivity index (χ3n) is 2.78. The lowest BCUT2D eigenvalue weighted by Crippen LogP contribution is -2.11. The van der Waals surface area contributed by atoms with Crippen LogP contribution < -0.4 is 5.32 Å². The van der Waals surface area contributed by atoms with Crippen molar-refractivity contribution in [2.45, 2.75) is 19.4 Å². The molecule has 0 aliphatic carbocycles. The first kappa shape index (κ1) is 13.9. The molecule has 1 atom stereocenters. The average Bonchev–Trinajstić information content (AvgIpc) is 2.41. The van der Waals surface area contributed by atoms with Crippen LogP contribution in [0.25, 0.3) is 0 Å². The van der Waals surface area contributed by atoms with Gasteiger partial charge in [-0.05, 0) is 52.7 Å². The molecule has 0 radical (unpaired) electrons. The zero-order valence-electron chi connectivity index (χ0n) is 10.3. The predicted octanol–water partition coefficient (Wildman–Crippen LogP) is 4.69. The van der Waals surface area contributed by atoms with Gasteiger partial charge in [-0.25, -0.2) is 8.78 Å². The van der Waals surface area contributed by atoms with E-state index in [2.05, 4.69) is 26.2 Å². The number of hydrogen-bond acceptors (Lipinski definition) is 2. The van der Waals surface area contributed by atoms with Gasteiger partial charge in [0.25, 0.3) is 0 Å². The Labute approximate surface area is 119 Å². The lowest BCUT2D eigenvalue weighted by molar-refractivity contribution is 0.613. The van der Waals surface area contributed by atoms with E-state index < -0.39 is 0 Å². The van der Waals surface area contributed by atoms with E-state index in [-0.39, 0.29) is 17.7 Å². The molecule has 1 heterocycles. The molecule has 1 aromatic carbocycles. The zero-order valence-corrected chi connectivity index (χ0v) is 11.9. The summed E-state index contributed by atoms with van der Waals surface area (Å²) in [6, 6.07) is 7.70. The second kappa shape index (κ2) is 6.10. The molecule has 0 saturated carbocycles. The number of anilines is 1. The SMILES string of the molecule is CCC(Nc1ccc(F)c(Br)c1)c1ccc(F)cn1. The van der Waals surface area contributed by atoms with Crippen molar-refractivity contribution < 1.29 is 8.78 Å². The van der Waals surface area contributed by atoms with E-state index in [4.69, 9.17) is 0 Å². The van der Waals surface area contributed by atoms with Crippen molar-refractivity contribution in [1.29, 1.82) is 0 Å². The smallest absolute Gasteiger partial charge is 0.141 e. The highest BCUT2D eigenvalue weighted by molar-refractivity contribution is 9.10. The van der Waals surface area contributed by atoms with Crippen LogP contribution in [-0.2, 0) is 0 Å². The lowest BCUT2D eigenvalue weighted by Gasteiger charge is -2.18. The lowest BCUT2D eigenvalue weighted by atomic mass is 10.1. The first-order valence-electron chi connectivity index (χ1n) is 5.93. The van der Waals surface area contributed by atoms with Crippen molar-refractivity contribution in [2.24, 2.45) is 0 Å². The monoisotopic (exact) mass is 326 g/mol. The molecular formula is C14H13BrF2N2. The van der Waals surface area contributed by atoms with Crippen LogP contribution in [0.3, 0.4) is 0 Å². The maximum atomic E-state index is 13.2. The maximum Gasteiger partial charge on any atom is 0.141 e. The Morgan fingerprint density at radius 3 is 2.63 bits per heavy atom. The molecule has 0 amide bonds. The van der Waals surface area contributed by atoms with Gasteiger partial charge in [-0.15, -0.1) is 0 Å². The Kier molecular flexibility index (Phi) is 4.47. The van der Waals surface area contributed by atoms with Crippen LogP contribution in [0.15, 0.2) is 41.0 Å². The molecule has 0 aliphatic heterocycles. The fourth-order valence-electron chi connectivity index (χ4n) is 1.77. The van der Waals surface area contributed by atoms with E-state index in [0.717, 1.165) is 17.8 Å². The molecule has 0 saturated heterocycles. The summed E-state index contributed by atoms with van der Waals surface area (Å²) in [7, 11) is 0. The minimum absolute atomic E-state index is 0.0436. The molecule has 1 N–H and O–H groups in total. The van der Waals surface area contributed by atoms with Gasteiger partial charge < -0.3 is 5.32 Å². The Morgan fingerprint density at radius 1 is 1.26 bits per heavy atom. The van der Waals surface area contributed by atoms with Crippen molar-refractivity contribution in [1.82, 2.24) is 4.98 Å². The first-order valence-corrected chi connectivity index (χ1v) is 6.72. The second-order valence-electron chi connectivity index (χ2n) is 4.14. The topological polar surface area (TPSA) is 24.9 Å². The minimum atomic E-state index is -0.358. The summed E-state index contributed by atoms with van der Waals surface area (Å²) >= 11 is 3.14. The molecule has 1 aromatic heterocycles. The Bertz CT molecular complexity index is 558. The van der Waals surface area contributed by atoms with Crippen molar-refractivity contribution in [2.75, 3.05) is 5.32 Å². The van der Waals surface area contributed by atoms with Crippen molar-refractivity contribution in [3.05, 3.63) is 58.3 Å². The number of benzene rings is 1. The average molecular weight is 327 g/mol. The highest BCUT2D eigenvalue weighted by Crippen LogP contribution is 2.25. The largest absolute Gasteiger partial charge is 0.377 e. The summed E-state index contributed by atoms with van der Waals surface area (Å²) in [4.78, 5) is 4.06. The Balaban J connectivity index is 2.18. The van der Waals surface area contributed by atoms with Gasteiger partial charge in [0.05, 0.1) is 22.4 Å². The molecule has 19 heavy (non-hydrogen) atoms. The second-order valence-corrected chi connectivity index (χ2v) is 4.99. The first-order chi connectivity index (χ1) is 9.10. The number of pyridine rings is 1. The summed E-state index contributed by atoms with van der Waals surface area (Å²) < 4.78 is 26.4. The van der Waals surface area contributed by atoms with Gasteiger partial charge in [-0.1, -0.05) is 6.92 Å². The van der Waals surface area contributed by atoms with E-state index >= 15 is 0 Å². The van der Waals surface area contributed by atoms with Gasteiger partial charge in [0.15, 0.2) is 0 Å². The van der Waals surface area contributed by atoms with Crippen molar-refractivity contribution in [3.63, 3.8) is 0 Å². The molecule has 0 bridgehead atoms. The number of nitrogens with one attached hydrogen (secondary N) is 1. The van der Waals surface area contributed by atoms with Crippen LogP contribution in [0, 0.1) is 11.6 Å². The summed E-state index contributed by atoms with van der Waals surface area (Å²) in [6.45, 7) is 2.00. The molecule has 0 aliphatic rings.